The molecule has 0 bridgehead atoms. The first kappa shape index (κ1) is 20.1. The predicted octanol–water partition coefficient (Wildman–Crippen LogP) is 4.38. The van der Waals surface area contributed by atoms with Gasteiger partial charge in [-0.05, 0) is 68.0 Å². The van der Waals surface area contributed by atoms with Gasteiger partial charge in [0.05, 0.1) is 9.92 Å². The fraction of sp³-hybridized carbons (Fsp3) is 0.400. The van der Waals surface area contributed by atoms with Crippen molar-refractivity contribution in [2.75, 3.05) is 24.5 Å². The molecule has 1 heterocycles. The van der Waals surface area contributed by atoms with Crippen molar-refractivity contribution in [3.8, 4) is 0 Å². The van der Waals surface area contributed by atoms with Crippen molar-refractivity contribution in [2.45, 2.75) is 37.0 Å². The third-order valence-electron chi connectivity index (χ3n) is 4.79. The van der Waals surface area contributed by atoms with E-state index in [1.54, 1.807) is 0 Å². The van der Waals surface area contributed by atoms with E-state index in [-0.39, 0.29) is 9.92 Å². The van der Waals surface area contributed by atoms with Gasteiger partial charge in [0.15, 0.2) is 0 Å². The van der Waals surface area contributed by atoms with Crippen LogP contribution in [0.15, 0.2) is 47.4 Å². The van der Waals surface area contributed by atoms with Crippen LogP contribution in [-0.2, 0) is 16.4 Å². The molecule has 0 saturated carbocycles. The molecule has 0 aliphatic carbocycles. The summed E-state index contributed by atoms with van der Waals surface area (Å²) in [5, 5.41) is -0.202. The number of nitrogens with zero attached hydrogens (tertiary/aromatic N) is 1. The molecule has 4 nitrogen and oxygen atoms in total. The van der Waals surface area contributed by atoms with Crippen LogP contribution < -0.4 is 9.62 Å². The molecule has 7 heteroatoms. The number of aryl methyl sites for hydroxylation is 1. The Morgan fingerprint density at radius 1 is 1.04 bits per heavy atom. The minimum atomic E-state index is -3.68. The van der Waals surface area contributed by atoms with E-state index in [2.05, 4.69) is 33.9 Å². The molecule has 1 N–H and O–H groups in total. The zero-order valence-electron chi connectivity index (χ0n) is 15.1. The highest BCUT2D eigenvalue weighted by atomic mass is 35.5. The second-order valence-corrected chi connectivity index (χ2v) is 8.97. The fourth-order valence-corrected chi connectivity index (χ4v) is 4.60. The van der Waals surface area contributed by atoms with Crippen molar-refractivity contribution in [1.82, 2.24) is 4.72 Å². The number of anilines is 1. The van der Waals surface area contributed by atoms with Crippen molar-refractivity contribution in [2.24, 2.45) is 0 Å². The van der Waals surface area contributed by atoms with E-state index in [1.165, 1.54) is 36.6 Å². The number of rotatable bonds is 7. The number of benzene rings is 2. The Bertz CT molecular complexity index is 866. The van der Waals surface area contributed by atoms with Gasteiger partial charge in [-0.25, -0.2) is 17.5 Å². The van der Waals surface area contributed by atoms with Gasteiger partial charge in [-0.3, -0.25) is 0 Å². The molecule has 0 spiro atoms. The van der Waals surface area contributed by atoms with Crippen LogP contribution in [0.1, 0.15) is 31.2 Å². The Labute approximate surface area is 165 Å². The van der Waals surface area contributed by atoms with E-state index < -0.39 is 15.8 Å². The van der Waals surface area contributed by atoms with E-state index in [0.717, 1.165) is 31.6 Å². The molecule has 2 aromatic carbocycles. The van der Waals surface area contributed by atoms with Gasteiger partial charge in [-0.15, -0.1) is 0 Å². The maximum Gasteiger partial charge on any atom is 0.240 e. The number of piperidine rings is 1. The molecular weight excluding hydrogens is 387 g/mol. The molecule has 27 heavy (non-hydrogen) atoms. The standard InChI is InChI=1S/C20H24ClFN2O2S/c21-19-15-18(10-11-20(19)22)27(25,26)23-12-4-5-16-6-8-17(9-7-16)24-13-2-1-3-14-24/h6-11,15,23H,1-5,12-14H2. The molecule has 1 fully saturated rings. The number of sulfonamides is 1. The molecule has 0 atom stereocenters. The van der Waals surface area contributed by atoms with Crippen LogP contribution in [-0.4, -0.2) is 28.1 Å². The monoisotopic (exact) mass is 410 g/mol. The summed E-state index contributed by atoms with van der Waals surface area (Å²) in [6, 6.07) is 11.9. The van der Waals surface area contributed by atoms with Gasteiger partial charge in [0, 0.05) is 25.3 Å². The molecule has 146 valence electrons. The van der Waals surface area contributed by atoms with E-state index in [0.29, 0.717) is 13.0 Å². The van der Waals surface area contributed by atoms with Gasteiger partial charge < -0.3 is 4.90 Å². The third kappa shape index (κ3) is 5.43. The van der Waals surface area contributed by atoms with Gasteiger partial charge >= 0.3 is 0 Å². The van der Waals surface area contributed by atoms with Crippen molar-refractivity contribution in [1.29, 1.82) is 0 Å². The lowest BCUT2D eigenvalue weighted by molar-refractivity contribution is 0.577. The molecule has 0 aromatic heterocycles. The highest BCUT2D eigenvalue weighted by Gasteiger charge is 2.15. The summed E-state index contributed by atoms with van der Waals surface area (Å²) in [4.78, 5) is 2.38. The molecule has 1 saturated heterocycles. The number of nitrogens with one attached hydrogen (secondary N) is 1. The Kier molecular flexibility index (Phi) is 6.73. The molecule has 0 amide bonds. The summed E-state index contributed by atoms with van der Waals surface area (Å²) < 4.78 is 40.2. The van der Waals surface area contributed by atoms with Crippen LogP contribution in [0.4, 0.5) is 10.1 Å². The van der Waals surface area contributed by atoms with Crippen LogP contribution in [0.3, 0.4) is 0 Å². The SMILES string of the molecule is O=S(=O)(NCCCc1ccc(N2CCCCC2)cc1)c1ccc(F)c(Cl)c1. The Morgan fingerprint density at radius 2 is 1.74 bits per heavy atom. The molecule has 1 aliphatic rings. The summed E-state index contributed by atoms with van der Waals surface area (Å²) in [6.45, 7) is 2.55. The molecule has 3 rings (SSSR count). The number of halogens is 2. The van der Waals surface area contributed by atoms with Crippen molar-refractivity contribution in [3.05, 3.63) is 58.9 Å². The molecule has 2 aromatic rings. The number of hydrogen-bond donors (Lipinski definition) is 1. The van der Waals surface area contributed by atoms with Crippen LogP contribution in [0.5, 0.6) is 0 Å². The smallest absolute Gasteiger partial charge is 0.240 e. The zero-order chi connectivity index (χ0) is 19.3. The second-order valence-electron chi connectivity index (χ2n) is 6.79. The van der Waals surface area contributed by atoms with Crippen LogP contribution in [0.2, 0.25) is 5.02 Å². The van der Waals surface area contributed by atoms with Gasteiger partial charge in [-0.1, -0.05) is 23.7 Å². The van der Waals surface area contributed by atoms with Crippen molar-refractivity contribution < 1.29 is 12.8 Å². The van der Waals surface area contributed by atoms with Gasteiger partial charge in [0.25, 0.3) is 0 Å². The van der Waals surface area contributed by atoms with Crippen LogP contribution in [0.25, 0.3) is 0 Å². The molecule has 1 aliphatic heterocycles. The quantitative estimate of drug-likeness (QED) is 0.689. The lowest BCUT2D eigenvalue weighted by atomic mass is 10.1. The Morgan fingerprint density at radius 3 is 2.41 bits per heavy atom. The van der Waals surface area contributed by atoms with Gasteiger partial charge in [0.1, 0.15) is 5.82 Å². The molecular formula is C20H24ClFN2O2S. The minimum absolute atomic E-state index is 0.0280. The van der Waals surface area contributed by atoms with Crippen LogP contribution >= 0.6 is 11.6 Å². The first-order valence-corrected chi connectivity index (χ1v) is 11.1. The lowest BCUT2D eigenvalue weighted by Crippen LogP contribution is -2.29. The average molecular weight is 411 g/mol. The van der Waals surface area contributed by atoms with E-state index in [9.17, 15) is 12.8 Å². The summed E-state index contributed by atoms with van der Waals surface area (Å²) in [5.41, 5.74) is 2.44. The maximum absolute atomic E-state index is 13.2. The summed E-state index contributed by atoms with van der Waals surface area (Å²) in [6.07, 6.45) is 5.28. The van der Waals surface area contributed by atoms with Gasteiger partial charge in [0.2, 0.25) is 10.0 Å². The average Bonchev–Trinajstić information content (AvgIpc) is 2.68. The summed E-state index contributed by atoms with van der Waals surface area (Å²) >= 11 is 5.66. The number of hydrogen-bond acceptors (Lipinski definition) is 3. The van der Waals surface area contributed by atoms with E-state index in [1.807, 2.05) is 0 Å². The Balaban J connectivity index is 1.48. The topological polar surface area (TPSA) is 49.4 Å². The predicted molar refractivity (Wildman–Crippen MR) is 107 cm³/mol. The first-order chi connectivity index (χ1) is 13.0. The molecule has 0 radical (unpaired) electrons. The van der Waals surface area contributed by atoms with E-state index >= 15 is 0 Å². The second kappa shape index (κ2) is 9.04. The summed E-state index contributed by atoms with van der Waals surface area (Å²) in [7, 11) is -3.68. The maximum atomic E-state index is 13.2. The fourth-order valence-electron chi connectivity index (χ4n) is 3.25. The Hall–Kier alpha value is -1.63. The van der Waals surface area contributed by atoms with Crippen molar-refractivity contribution >= 4 is 27.3 Å². The van der Waals surface area contributed by atoms with E-state index in [4.69, 9.17) is 11.6 Å². The lowest BCUT2D eigenvalue weighted by Gasteiger charge is -2.28. The largest absolute Gasteiger partial charge is 0.372 e. The highest BCUT2D eigenvalue weighted by Crippen LogP contribution is 2.21. The first-order valence-electron chi connectivity index (χ1n) is 9.24. The highest BCUT2D eigenvalue weighted by molar-refractivity contribution is 7.89. The third-order valence-corrected chi connectivity index (χ3v) is 6.54. The minimum Gasteiger partial charge on any atom is -0.372 e. The van der Waals surface area contributed by atoms with Gasteiger partial charge in [-0.2, -0.15) is 0 Å². The zero-order valence-corrected chi connectivity index (χ0v) is 16.7. The normalized spacial score (nSPS) is 15.1. The summed E-state index contributed by atoms with van der Waals surface area (Å²) in [5.74, 6) is -0.636. The molecule has 0 unspecified atom stereocenters. The van der Waals surface area contributed by atoms with Crippen molar-refractivity contribution in [3.63, 3.8) is 0 Å². The van der Waals surface area contributed by atoms with Crippen LogP contribution in [0, 0.1) is 5.82 Å².